The fourth-order valence-electron chi connectivity index (χ4n) is 2.83. The molecule has 10 heteroatoms. The minimum atomic E-state index is -0.274. The van der Waals surface area contributed by atoms with E-state index in [4.69, 9.17) is 9.68 Å². The summed E-state index contributed by atoms with van der Waals surface area (Å²) in [6, 6.07) is 5.31. The van der Waals surface area contributed by atoms with Crippen molar-refractivity contribution in [2.75, 3.05) is 0 Å². The number of H-pyrrole nitrogens is 1. The maximum atomic E-state index is 12.2. The molecule has 0 amide bonds. The average Bonchev–Trinajstić information content (AvgIpc) is 3.39. The first-order chi connectivity index (χ1) is 13.6. The SMILES string of the molecule is C=CCn1c(SCc2cc(=O)n3[nH]cc(C#N)c3n2)nnc1-c1ccoc1C. The van der Waals surface area contributed by atoms with E-state index < -0.39 is 0 Å². The van der Waals surface area contributed by atoms with Crippen LogP contribution in [0.1, 0.15) is 17.0 Å². The van der Waals surface area contributed by atoms with Gasteiger partial charge in [0.25, 0.3) is 5.56 Å². The Balaban J connectivity index is 1.65. The number of furan rings is 1. The highest BCUT2D eigenvalue weighted by Gasteiger charge is 2.17. The molecule has 9 nitrogen and oxygen atoms in total. The maximum absolute atomic E-state index is 12.2. The number of hydrogen-bond donors (Lipinski definition) is 1. The van der Waals surface area contributed by atoms with Gasteiger partial charge in [-0.2, -0.15) is 5.26 Å². The summed E-state index contributed by atoms with van der Waals surface area (Å²) in [5.41, 5.74) is 1.78. The molecule has 0 aromatic carbocycles. The summed E-state index contributed by atoms with van der Waals surface area (Å²) in [6.07, 6.45) is 4.84. The van der Waals surface area contributed by atoms with Crippen molar-refractivity contribution in [1.82, 2.24) is 29.4 Å². The number of hydrogen-bond acceptors (Lipinski definition) is 7. The molecule has 1 N–H and O–H groups in total. The Kier molecular flexibility index (Phi) is 4.58. The number of nitriles is 1. The van der Waals surface area contributed by atoms with E-state index in [1.807, 2.05) is 23.6 Å². The lowest BCUT2D eigenvalue weighted by Gasteiger charge is -2.07. The van der Waals surface area contributed by atoms with Crippen molar-refractivity contribution in [3.63, 3.8) is 0 Å². The second-order valence-electron chi connectivity index (χ2n) is 5.93. The van der Waals surface area contributed by atoms with Gasteiger partial charge in [-0.05, 0) is 13.0 Å². The van der Waals surface area contributed by atoms with Crippen LogP contribution in [-0.4, -0.2) is 29.4 Å². The van der Waals surface area contributed by atoms with Gasteiger partial charge in [0, 0.05) is 24.6 Å². The van der Waals surface area contributed by atoms with Crippen molar-refractivity contribution in [3.8, 4) is 17.5 Å². The first kappa shape index (κ1) is 17.8. The third-order valence-corrected chi connectivity index (χ3v) is 5.15. The quantitative estimate of drug-likeness (QED) is 0.395. The zero-order chi connectivity index (χ0) is 19.7. The lowest BCUT2D eigenvalue weighted by atomic mass is 10.2. The number of allylic oxidation sites excluding steroid dienone is 1. The maximum Gasteiger partial charge on any atom is 0.272 e. The monoisotopic (exact) mass is 393 g/mol. The Hall–Kier alpha value is -3.58. The molecule has 0 fully saturated rings. The van der Waals surface area contributed by atoms with E-state index in [0.717, 1.165) is 11.3 Å². The molecule has 0 radical (unpaired) electrons. The number of nitrogens with one attached hydrogen (secondary N) is 1. The van der Waals surface area contributed by atoms with Gasteiger partial charge in [0.1, 0.15) is 17.4 Å². The summed E-state index contributed by atoms with van der Waals surface area (Å²) in [4.78, 5) is 16.6. The summed E-state index contributed by atoms with van der Waals surface area (Å²) >= 11 is 1.40. The van der Waals surface area contributed by atoms with Gasteiger partial charge in [0.05, 0.1) is 17.5 Å². The highest BCUT2D eigenvalue weighted by atomic mass is 32.2. The van der Waals surface area contributed by atoms with Crippen LogP contribution in [0.25, 0.3) is 17.0 Å². The third kappa shape index (κ3) is 3.01. The molecule has 4 rings (SSSR count). The highest BCUT2D eigenvalue weighted by Crippen LogP contribution is 2.28. The predicted molar refractivity (Wildman–Crippen MR) is 103 cm³/mol. The minimum absolute atomic E-state index is 0.274. The number of fused-ring (bicyclic) bond motifs is 1. The molecule has 0 aliphatic rings. The van der Waals surface area contributed by atoms with E-state index in [1.54, 1.807) is 12.3 Å². The highest BCUT2D eigenvalue weighted by molar-refractivity contribution is 7.98. The second kappa shape index (κ2) is 7.21. The van der Waals surface area contributed by atoms with Crippen LogP contribution in [0.15, 0.2) is 51.6 Å². The molecule has 0 bridgehead atoms. The zero-order valence-corrected chi connectivity index (χ0v) is 15.7. The summed E-state index contributed by atoms with van der Waals surface area (Å²) < 4.78 is 8.54. The van der Waals surface area contributed by atoms with Gasteiger partial charge in [0.15, 0.2) is 16.6 Å². The fraction of sp³-hybridized carbons (Fsp3) is 0.167. The number of aromatic nitrogens is 6. The number of aryl methyl sites for hydroxylation is 1. The van der Waals surface area contributed by atoms with Crippen molar-refractivity contribution in [3.05, 3.63) is 64.6 Å². The summed E-state index contributed by atoms with van der Waals surface area (Å²) in [5.74, 6) is 1.85. The Bertz CT molecular complexity index is 1270. The molecular formula is C18H15N7O2S. The molecule has 4 aromatic heterocycles. The molecule has 140 valence electrons. The lowest BCUT2D eigenvalue weighted by Crippen LogP contribution is -2.15. The topological polar surface area (TPSA) is 118 Å². The van der Waals surface area contributed by atoms with Gasteiger partial charge in [-0.25, -0.2) is 9.50 Å². The number of nitrogens with zero attached hydrogens (tertiary/aromatic N) is 6. The third-order valence-electron chi connectivity index (χ3n) is 4.15. The summed E-state index contributed by atoms with van der Waals surface area (Å²) in [5, 5.41) is 21.1. The second-order valence-corrected chi connectivity index (χ2v) is 6.87. The van der Waals surface area contributed by atoms with E-state index in [-0.39, 0.29) is 5.56 Å². The normalized spacial score (nSPS) is 11.0. The fourth-order valence-corrected chi connectivity index (χ4v) is 3.67. The average molecular weight is 393 g/mol. The number of thioether (sulfide) groups is 1. The van der Waals surface area contributed by atoms with Gasteiger partial charge >= 0.3 is 0 Å². The molecule has 0 spiro atoms. The van der Waals surface area contributed by atoms with E-state index in [1.165, 1.54) is 28.5 Å². The van der Waals surface area contributed by atoms with Crippen LogP contribution in [-0.2, 0) is 12.3 Å². The van der Waals surface area contributed by atoms with Gasteiger partial charge in [-0.15, -0.1) is 16.8 Å². The molecule has 4 aromatic rings. The Labute approximate surface area is 163 Å². The van der Waals surface area contributed by atoms with Crippen LogP contribution < -0.4 is 5.56 Å². The standard InChI is InChI=1S/C18H15N7O2S/c1-3-5-24-17(14-4-6-27-11(14)2)22-23-18(24)28-10-13-7-15(26)25-16(21-13)12(8-19)9-20-25/h3-4,6-7,9,20H,1,5,10H2,2H3. The van der Waals surface area contributed by atoms with Crippen LogP contribution in [0.3, 0.4) is 0 Å². The van der Waals surface area contributed by atoms with E-state index >= 15 is 0 Å². The van der Waals surface area contributed by atoms with Gasteiger partial charge in [-0.3, -0.25) is 14.5 Å². The van der Waals surface area contributed by atoms with Crippen LogP contribution in [0.2, 0.25) is 0 Å². The van der Waals surface area contributed by atoms with Gasteiger partial charge < -0.3 is 4.42 Å². The molecule has 4 heterocycles. The van der Waals surface area contributed by atoms with Gasteiger partial charge in [-0.1, -0.05) is 17.8 Å². The van der Waals surface area contributed by atoms with Crippen molar-refractivity contribution in [2.45, 2.75) is 24.4 Å². The first-order valence-corrected chi connectivity index (χ1v) is 9.32. The molecule has 0 aliphatic heterocycles. The predicted octanol–water partition coefficient (Wildman–Crippen LogP) is 2.53. The lowest BCUT2D eigenvalue weighted by molar-refractivity contribution is 0.534. The number of rotatable bonds is 6. The summed E-state index contributed by atoms with van der Waals surface area (Å²) in [6.45, 7) is 6.19. The van der Waals surface area contributed by atoms with Crippen LogP contribution in [0.4, 0.5) is 0 Å². The number of aromatic amines is 1. The van der Waals surface area contributed by atoms with Crippen LogP contribution in [0.5, 0.6) is 0 Å². The van der Waals surface area contributed by atoms with E-state index in [2.05, 4.69) is 26.9 Å². The molecular weight excluding hydrogens is 378 g/mol. The molecule has 0 saturated carbocycles. The minimum Gasteiger partial charge on any atom is -0.469 e. The molecule has 0 aliphatic carbocycles. The van der Waals surface area contributed by atoms with E-state index in [0.29, 0.717) is 40.2 Å². The Morgan fingerprint density at radius 3 is 3.04 bits per heavy atom. The van der Waals surface area contributed by atoms with Gasteiger partial charge in [0.2, 0.25) is 0 Å². The van der Waals surface area contributed by atoms with E-state index in [9.17, 15) is 4.79 Å². The first-order valence-electron chi connectivity index (χ1n) is 8.34. The van der Waals surface area contributed by atoms with Crippen molar-refractivity contribution < 1.29 is 4.42 Å². The largest absolute Gasteiger partial charge is 0.469 e. The molecule has 0 unspecified atom stereocenters. The van der Waals surface area contributed by atoms with Crippen LogP contribution in [0, 0.1) is 18.3 Å². The van der Waals surface area contributed by atoms with Crippen LogP contribution >= 0.6 is 11.8 Å². The molecule has 0 atom stereocenters. The van der Waals surface area contributed by atoms with Crippen molar-refractivity contribution >= 4 is 17.4 Å². The Morgan fingerprint density at radius 1 is 1.46 bits per heavy atom. The molecule has 28 heavy (non-hydrogen) atoms. The zero-order valence-electron chi connectivity index (χ0n) is 14.9. The molecule has 0 saturated heterocycles. The smallest absolute Gasteiger partial charge is 0.272 e. The van der Waals surface area contributed by atoms with Crippen molar-refractivity contribution in [1.29, 1.82) is 5.26 Å². The van der Waals surface area contributed by atoms with Crippen molar-refractivity contribution in [2.24, 2.45) is 0 Å². The Morgan fingerprint density at radius 2 is 2.32 bits per heavy atom. The summed E-state index contributed by atoms with van der Waals surface area (Å²) in [7, 11) is 0.